The highest BCUT2D eigenvalue weighted by molar-refractivity contribution is 5.66. The summed E-state index contributed by atoms with van der Waals surface area (Å²) in [6.45, 7) is 0. The summed E-state index contributed by atoms with van der Waals surface area (Å²) in [7, 11) is 3.32. The number of ether oxygens (including phenoxy) is 3. The van der Waals surface area contributed by atoms with E-state index >= 15 is 0 Å². The predicted molar refractivity (Wildman–Crippen MR) is 78.3 cm³/mol. The van der Waals surface area contributed by atoms with Crippen molar-refractivity contribution in [1.82, 2.24) is 0 Å². The average Bonchev–Trinajstić information content (AvgIpc) is 2.54. The summed E-state index contributed by atoms with van der Waals surface area (Å²) in [6, 6.07) is 13.8. The van der Waals surface area contributed by atoms with Crippen LogP contribution >= 0.6 is 0 Å². The summed E-state index contributed by atoms with van der Waals surface area (Å²) < 4.78 is 16.4. The van der Waals surface area contributed by atoms with Gasteiger partial charge in [0.05, 0.1) is 14.2 Å². The van der Waals surface area contributed by atoms with Crippen LogP contribution in [0.15, 0.2) is 48.5 Å². The van der Waals surface area contributed by atoms with Crippen LogP contribution in [-0.2, 0) is 6.42 Å². The van der Waals surface area contributed by atoms with Crippen LogP contribution in [-0.4, -0.2) is 14.2 Å². The molecular weight excluding hydrogens is 252 g/mol. The average molecular weight is 268 g/mol. The molecule has 0 aliphatic carbocycles. The molecule has 3 rings (SSSR count). The van der Waals surface area contributed by atoms with Gasteiger partial charge in [0, 0.05) is 11.6 Å². The van der Waals surface area contributed by atoms with E-state index in [9.17, 15) is 0 Å². The monoisotopic (exact) mass is 268 g/mol. The fourth-order valence-corrected chi connectivity index (χ4v) is 2.22. The van der Waals surface area contributed by atoms with Gasteiger partial charge in [-0.15, -0.1) is 0 Å². The van der Waals surface area contributed by atoms with Gasteiger partial charge in [-0.2, -0.15) is 0 Å². The molecule has 2 aromatic carbocycles. The van der Waals surface area contributed by atoms with Crippen LogP contribution in [0.25, 0.3) is 5.76 Å². The number of allylic oxidation sites excluding steroid dienone is 1. The van der Waals surface area contributed by atoms with Crippen molar-refractivity contribution in [1.29, 1.82) is 0 Å². The quantitative estimate of drug-likeness (QED) is 0.850. The van der Waals surface area contributed by atoms with E-state index < -0.39 is 0 Å². The number of hydrogen-bond acceptors (Lipinski definition) is 3. The molecule has 0 bridgehead atoms. The molecule has 0 atom stereocenters. The van der Waals surface area contributed by atoms with Crippen molar-refractivity contribution in [3.05, 3.63) is 59.7 Å². The lowest BCUT2D eigenvalue weighted by Crippen LogP contribution is -2.04. The fraction of sp³-hybridized carbons (Fsp3) is 0.176. The third kappa shape index (κ3) is 2.35. The molecule has 102 valence electrons. The van der Waals surface area contributed by atoms with Crippen LogP contribution in [0.5, 0.6) is 17.2 Å². The van der Waals surface area contributed by atoms with Gasteiger partial charge in [-0.05, 0) is 48.4 Å². The molecular formula is C17H16O3. The van der Waals surface area contributed by atoms with Crippen molar-refractivity contribution in [3.63, 3.8) is 0 Å². The molecule has 20 heavy (non-hydrogen) atoms. The van der Waals surface area contributed by atoms with Crippen LogP contribution in [0.3, 0.4) is 0 Å². The smallest absolute Gasteiger partial charge is 0.134 e. The molecule has 0 fully saturated rings. The Bertz CT molecular complexity index is 642. The highest BCUT2D eigenvalue weighted by Gasteiger charge is 2.14. The van der Waals surface area contributed by atoms with Crippen LogP contribution in [0, 0.1) is 0 Å². The van der Waals surface area contributed by atoms with Gasteiger partial charge >= 0.3 is 0 Å². The molecule has 0 spiro atoms. The Morgan fingerprint density at radius 1 is 0.900 bits per heavy atom. The second kappa shape index (κ2) is 5.29. The number of fused-ring (bicyclic) bond motifs is 1. The third-order valence-corrected chi connectivity index (χ3v) is 3.38. The van der Waals surface area contributed by atoms with Gasteiger partial charge in [-0.25, -0.2) is 0 Å². The van der Waals surface area contributed by atoms with Crippen LogP contribution < -0.4 is 14.2 Å². The van der Waals surface area contributed by atoms with Crippen molar-refractivity contribution >= 4 is 5.76 Å². The van der Waals surface area contributed by atoms with E-state index in [4.69, 9.17) is 14.2 Å². The highest BCUT2D eigenvalue weighted by atomic mass is 16.5. The molecule has 3 nitrogen and oxygen atoms in total. The normalized spacial score (nSPS) is 13.0. The lowest BCUT2D eigenvalue weighted by Gasteiger charge is -2.19. The van der Waals surface area contributed by atoms with Crippen molar-refractivity contribution < 1.29 is 14.2 Å². The van der Waals surface area contributed by atoms with E-state index in [0.29, 0.717) is 0 Å². The zero-order valence-corrected chi connectivity index (χ0v) is 11.6. The van der Waals surface area contributed by atoms with Crippen molar-refractivity contribution in [2.45, 2.75) is 6.42 Å². The summed E-state index contributed by atoms with van der Waals surface area (Å²) >= 11 is 0. The number of benzene rings is 2. The molecule has 0 saturated carbocycles. The number of hydrogen-bond donors (Lipinski definition) is 0. The molecule has 1 aliphatic heterocycles. The second-order valence-corrected chi connectivity index (χ2v) is 4.58. The molecule has 2 aromatic rings. The van der Waals surface area contributed by atoms with E-state index in [-0.39, 0.29) is 0 Å². The maximum atomic E-state index is 5.97. The molecule has 0 saturated heterocycles. The fourth-order valence-electron chi connectivity index (χ4n) is 2.22. The van der Waals surface area contributed by atoms with E-state index in [1.54, 1.807) is 14.2 Å². The molecule has 0 unspecified atom stereocenters. The van der Waals surface area contributed by atoms with Crippen LogP contribution in [0.4, 0.5) is 0 Å². The summed E-state index contributed by atoms with van der Waals surface area (Å²) in [5.41, 5.74) is 2.21. The van der Waals surface area contributed by atoms with Crippen LogP contribution in [0.1, 0.15) is 11.1 Å². The SMILES string of the molecule is COc1ccc(C2=CCc3ccc(OC)cc3O2)cc1. The first kappa shape index (κ1) is 12.6. The first-order chi connectivity index (χ1) is 9.80. The Morgan fingerprint density at radius 3 is 2.30 bits per heavy atom. The minimum absolute atomic E-state index is 0.805. The van der Waals surface area contributed by atoms with E-state index in [1.165, 1.54) is 5.56 Å². The molecule has 1 heterocycles. The van der Waals surface area contributed by atoms with Crippen molar-refractivity contribution in [2.75, 3.05) is 14.2 Å². The predicted octanol–water partition coefficient (Wildman–Crippen LogP) is 3.68. The molecule has 0 N–H and O–H groups in total. The van der Waals surface area contributed by atoms with Crippen molar-refractivity contribution in [3.8, 4) is 17.2 Å². The lowest BCUT2D eigenvalue weighted by atomic mass is 10.0. The van der Waals surface area contributed by atoms with E-state index in [1.807, 2.05) is 42.5 Å². The van der Waals surface area contributed by atoms with Crippen molar-refractivity contribution in [2.24, 2.45) is 0 Å². The third-order valence-electron chi connectivity index (χ3n) is 3.38. The molecule has 3 heteroatoms. The van der Waals surface area contributed by atoms with Gasteiger partial charge in [-0.3, -0.25) is 0 Å². The number of rotatable bonds is 3. The van der Waals surface area contributed by atoms with Crippen LogP contribution in [0.2, 0.25) is 0 Å². The number of methoxy groups -OCH3 is 2. The zero-order chi connectivity index (χ0) is 13.9. The van der Waals surface area contributed by atoms with Gasteiger partial charge in [0.25, 0.3) is 0 Å². The minimum Gasteiger partial charge on any atom is -0.497 e. The molecule has 0 aromatic heterocycles. The topological polar surface area (TPSA) is 27.7 Å². The van der Waals surface area contributed by atoms with E-state index in [0.717, 1.165) is 35.0 Å². The first-order valence-corrected chi connectivity index (χ1v) is 6.49. The first-order valence-electron chi connectivity index (χ1n) is 6.49. The maximum Gasteiger partial charge on any atom is 0.134 e. The largest absolute Gasteiger partial charge is 0.497 e. The van der Waals surface area contributed by atoms with Gasteiger partial charge < -0.3 is 14.2 Å². The van der Waals surface area contributed by atoms with E-state index in [2.05, 4.69) is 6.08 Å². The summed E-state index contributed by atoms with van der Waals surface area (Å²) in [4.78, 5) is 0. The lowest BCUT2D eigenvalue weighted by molar-refractivity contribution is 0.409. The maximum absolute atomic E-state index is 5.97. The standard InChI is InChI=1S/C17H16O3/c1-18-14-7-3-12(4-8-14)16-10-6-13-5-9-15(19-2)11-17(13)20-16/h3-5,7-11H,6H2,1-2H3. The molecule has 1 aliphatic rings. The molecule has 0 amide bonds. The second-order valence-electron chi connectivity index (χ2n) is 4.58. The Kier molecular flexibility index (Phi) is 3.33. The molecule has 0 radical (unpaired) electrons. The summed E-state index contributed by atoms with van der Waals surface area (Å²) in [5.74, 6) is 3.37. The summed E-state index contributed by atoms with van der Waals surface area (Å²) in [5, 5.41) is 0. The Hall–Kier alpha value is -2.42. The Balaban J connectivity index is 1.87. The Morgan fingerprint density at radius 2 is 1.60 bits per heavy atom. The van der Waals surface area contributed by atoms with Gasteiger partial charge in [0.1, 0.15) is 23.0 Å². The Labute approximate surface area is 118 Å². The van der Waals surface area contributed by atoms with Gasteiger partial charge in [0.15, 0.2) is 0 Å². The zero-order valence-electron chi connectivity index (χ0n) is 11.6. The highest BCUT2D eigenvalue weighted by Crippen LogP contribution is 2.33. The minimum atomic E-state index is 0.805. The van der Waals surface area contributed by atoms with Gasteiger partial charge in [-0.1, -0.05) is 6.07 Å². The van der Waals surface area contributed by atoms with Gasteiger partial charge in [0.2, 0.25) is 0 Å². The summed E-state index contributed by atoms with van der Waals surface area (Å²) in [6.07, 6.45) is 2.96.